The van der Waals surface area contributed by atoms with E-state index in [1.165, 1.54) is 6.07 Å². The Morgan fingerprint density at radius 2 is 1.74 bits per heavy atom. The minimum Gasteiger partial charge on any atom is -0.508 e. The van der Waals surface area contributed by atoms with Gasteiger partial charge < -0.3 is 15.5 Å². The van der Waals surface area contributed by atoms with Gasteiger partial charge >= 0.3 is 0 Å². The van der Waals surface area contributed by atoms with E-state index in [1.54, 1.807) is 18.2 Å². The molecule has 3 N–H and O–H groups in total. The number of aliphatic hydroxyl groups excluding tert-OH is 1. The van der Waals surface area contributed by atoms with Gasteiger partial charge in [0.15, 0.2) is 0 Å². The van der Waals surface area contributed by atoms with Gasteiger partial charge in [-0.1, -0.05) is 48.5 Å². The summed E-state index contributed by atoms with van der Waals surface area (Å²) in [7, 11) is 0. The molecule has 0 fully saturated rings. The van der Waals surface area contributed by atoms with Crippen LogP contribution in [-0.4, -0.2) is 28.4 Å². The Bertz CT molecular complexity index is 633. The second-order valence-corrected chi connectivity index (χ2v) is 5.34. The number of para-hydroxylation sites is 1. The third-order valence-corrected chi connectivity index (χ3v) is 3.60. The molecule has 0 bridgehead atoms. The number of aryl methyl sites for hydroxylation is 1. The smallest absolute Gasteiger partial charge is 0.257 e. The zero-order chi connectivity index (χ0) is 16.7. The van der Waals surface area contributed by atoms with Crippen LogP contribution in [-0.2, 0) is 17.8 Å². The number of halogens is 1. The highest BCUT2D eigenvalue weighted by molar-refractivity contribution is 5.81. The zero-order valence-corrected chi connectivity index (χ0v) is 12.7. The van der Waals surface area contributed by atoms with Crippen molar-refractivity contribution in [3.05, 3.63) is 65.7 Å². The van der Waals surface area contributed by atoms with Gasteiger partial charge in [-0.25, -0.2) is 4.39 Å². The van der Waals surface area contributed by atoms with Gasteiger partial charge in [-0.3, -0.25) is 4.79 Å². The average molecular weight is 317 g/mol. The van der Waals surface area contributed by atoms with Crippen molar-refractivity contribution in [3.63, 3.8) is 0 Å². The minimum absolute atomic E-state index is 0.0531. The van der Waals surface area contributed by atoms with Gasteiger partial charge in [0.2, 0.25) is 6.17 Å². The lowest BCUT2D eigenvalue weighted by molar-refractivity contribution is -0.130. The van der Waals surface area contributed by atoms with Crippen LogP contribution < -0.4 is 5.32 Å². The molecule has 2 atom stereocenters. The number of alkyl halides is 1. The van der Waals surface area contributed by atoms with Gasteiger partial charge in [0.25, 0.3) is 5.91 Å². The Hall–Kier alpha value is -2.40. The molecular formula is C18H20FNO3. The van der Waals surface area contributed by atoms with Gasteiger partial charge in [0.1, 0.15) is 5.75 Å². The number of nitrogens with one attached hydrogen (secondary N) is 1. The lowest BCUT2D eigenvalue weighted by Crippen LogP contribution is -2.39. The Labute approximate surface area is 134 Å². The van der Waals surface area contributed by atoms with Crippen LogP contribution in [0.1, 0.15) is 17.5 Å². The Balaban J connectivity index is 1.80. The number of benzene rings is 2. The first-order chi connectivity index (χ1) is 11.1. The molecule has 5 heteroatoms. The van der Waals surface area contributed by atoms with Crippen LogP contribution in [0.3, 0.4) is 0 Å². The largest absolute Gasteiger partial charge is 0.508 e. The van der Waals surface area contributed by atoms with Gasteiger partial charge in [-0.05, 0) is 30.0 Å². The number of amides is 1. The number of hydrogen-bond acceptors (Lipinski definition) is 3. The molecule has 4 nitrogen and oxygen atoms in total. The molecule has 0 spiro atoms. The third-order valence-electron chi connectivity index (χ3n) is 3.60. The molecule has 2 aromatic rings. The highest BCUT2D eigenvalue weighted by Crippen LogP contribution is 2.19. The Morgan fingerprint density at radius 1 is 1.09 bits per heavy atom. The molecule has 23 heavy (non-hydrogen) atoms. The first-order valence-electron chi connectivity index (χ1n) is 7.48. The third kappa shape index (κ3) is 5.07. The van der Waals surface area contributed by atoms with E-state index in [9.17, 15) is 19.4 Å². The van der Waals surface area contributed by atoms with Crippen LogP contribution in [0.4, 0.5) is 4.39 Å². The van der Waals surface area contributed by atoms with Crippen molar-refractivity contribution in [2.45, 2.75) is 31.7 Å². The summed E-state index contributed by atoms with van der Waals surface area (Å²) in [5.74, 6) is -0.734. The molecule has 0 radical (unpaired) electrons. The zero-order valence-electron chi connectivity index (χ0n) is 12.7. The molecule has 0 aliphatic rings. The number of aromatic hydroxyl groups is 1. The molecule has 2 unspecified atom stereocenters. The summed E-state index contributed by atoms with van der Waals surface area (Å²) in [6, 6.07) is 15.8. The van der Waals surface area contributed by atoms with Crippen LogP contribution in [0.2, 0.25) is 0 Å². The Morgan fingerprint density at radius 3 is 2.43 bits per heavy atom. The van der Waals surface area contributed by atoms with Crippen LogP contribution in [0.25, 0.3) is 0 Å². The Kier molecular flexibility index (Phi) is 6.11. The number of hydrogen-bond donors (Lipinski definition) is 3. The molecular weight excluding hydrogens is 297 g/mol. The average Bonchev–Trinajstić information content (AvgIpc) is 2.59. The molecule has 2 rings (SSSR count). The second-order valence-electron chi connectivity index (χ2n) is 5.34. The molecule has 0 heterocycles. The molecule has 0 saturated heterocycles. The predicted octanol–water partition coefficient (Wildman–Crippen LogP) is 2.34. The number of aliphatic hydroxyl groups is 1. The van der Waals surface area contributed by atoms with E-state index >= 15 is 0 Å². The predicted molar refractivity (Wildman–Crippen MR) is 85.6 cm³/mol. The van der Waals surface area contributed by atoms with Crippen molar-refractivity contribution in [3.8, 4) is 5.75 Å². The normalized spacial score (nSPS) is 13.3. The maximum absolute atomic E-state index is 14.0. The maximum atomic E-state index is 14.0. The number of phenols is 1. The lowest BCUT2D eigenvalue weighted by atomic mass is 10.0. The molecule has 0 aliphatic heterocycles. The van der Waals surface area contributed by atoms with E-state index < -0.39 is 18.2 Å². The number of phenolic OH excluding ortho intramolecular Hbond substituents is 1. The van der Waals surface area contributed by atoms with Crippen molar-refractivity contribution in [1.82, 2.24) is 5.32 Å². The monoisotopic (exact) mass is 317 g/mol. The van der Waals surface area contributed by atoms with Crippen molar-refractivity contribution in [1.29, 1.82) is 0 Å². The summed E-state index contributed by atoms with van der Waals surface area (Å²) in [5.41, 5.74) is 1.47. The number of carbonyl (C=O) groups excluding carboxylic acids is 1. The minimum atomic E-state index is -2.00. The van der Waals surface area contributed by atoms with Crippen molar-refractivity contribution < 1.29 is 19.4 Å². The molecule has 0 saturated carbocycles. The lowest BCUT2D eigenvalue weighted by Gasteiger charge is -2.16. The van der Waals surface area contributed by atoms with Crippen molar-refractivity contribution in [2.75, 3.05) is 0 Å². The molecule has 0 aromatic heterocycles. The molecule has 0 aliphatic carbocycles. The topological polar surface area (TPSA) is 69.6 Å². The molecule has 122 valence electrons. The fraction of sp³-hybridized carbons (Fsp3) is 0.278. The van der Waals surface area contributed by atoms with Crippen LogP contribution >= 0.6 is 0 Å². The van der Waals surface area contributed by atoms with Gasteiger partial charge in [-0.2, -0.15) is 0 Å². The SMILES string of the molecule is O=C(NCc1ccccc1)C(F)C(O)CCc1ccccc1O. The van der Waals surface area contributed by atoms with E-state index in [-0.39, 0.29) is 18.7 Å². The first kappa shape index (κ1) is 17.0. The van der Waals surface area contributed by atoms with E-state index in [0.717, 1.165) is 5.56 Å². The van der Waals surface area contributed by atoms with Crippen LogP contribution in [0.5, 0.6) is 5.75 Å². The van der Waals surface area contributed by atoms with Crippen LogP contribution in [0, 0.1) is 0 Å². The fourth-order valence-corrected chi connectivity index (χ4v) is 2.23. The summed E-state index contributed by atoms with van der Waals surface area (Å²) in [6.07, 6.45) is -3.06. The van der Waals surface area contributed by atoms with E-state index in [2.05, 4.69) is 5.32 Å². The number of rotatable bonds is 7. The van der Waals surface area contributed by atoms with Gasteiger partial charge in [0, 0.05) is 6.54 Å². The highest BCUT2D eigenvalue weighted by atomic mass is 19.1. The van der Waals surface area contributed by atoms with Gasteiger partial charge in [0.05, 0.1) is 6.10 Å². The molecule has 1 amide bonds. The van der Waals surface area contributed by atoms with E-state index in [1.807, 2.05) is 30.3 Å². The summed E-state index contributed by atoms with van der Waals surface area (Å²) >= 11 is 0. The van der Waals surface area contributed by atoms with Crippen molar-refractivity contribution >= 4 is 5.91 Å². The quantitative estimate of drug-likeness (QED) is 0.734. The fourth-order valence-electron chi connectivity index (χ4n) is 2.23. The van der Waals surface area contributed by atoms with E-state index in [0.29, 0.717) is 12.0 Å². The second kappa shape index (κ2) is 8.29. The summed E-state index contributed by atoms with van der Waals surface area (Å²) in [6.45, 7) is 0.215. The van der Waals surface area contributed by atoms with Crippen molar-refractivity contribution in [2.24, 2.45) is 0 Å². The summed E-state index contributed by atoms with van der Waals surface area (Å²) in [4.78, 5) is 11.7. The van der Waals surface area contributed by atoms with E-state index in [4.69, 9.17) is 0 Å². The van der Waals surface area contributed by atoms with Gasteiger partial charge in [-0.15, -0.1) is 0 Å². The molecule has 2 aromatic carbocycles. The summed E-state index contributed by atoms with van der Waals surface area (Å²) < 4.78 is 14.0. The highest BCUT2D eigenvalue weighted by Gasteiger charge is 2.26. The maximum Gasteiger partial charge on any atom is 0.257 e. The first-order valence-corrected chi connectivity index (χ1v) is 7.48. The standard InChI is InChI=1S/C18H20FNO3/c19-17(18(23)20-12-13-6-2-1-3-7-13)16(22)11-10-14-8-4-5-9-15(14)21/h1-9,16-17,21-22H,10-12H2,(H,20,23). The number of carbonyl (C=O) groups is 1. The van der Waals surface area contributed by atoms with Crippen LogP contribution in [0.15, 0.2) is 54.6 Å². The summed E-state index contributed by atoms with van der Waals surface area (Å²) in [5, 5.41) is 21.9.